The number of nitrogens with zero attached hydrogens (tertiary/aromatic N) is 2. The second-order valence-corrected chi connectivity index (χ2v) is 11.4. The standard InChI is InChI=1S/C40H20N2O6/c43-36-23-13-7-8-14-24(23)37(44)31-25(36)15-18-28-34(31)41-29-19-16-26-32(35(29)42-28)38(45)27-17-20-30(47-21-9-3-1-4-10-21)40(33(27)39(26)46)48-22-11-5-2-6-12-22/h1-20H. The quantitative estimate of drug-likeness (QED) is 0.148. The van der Waals surface area contributed by atoms with Crippen molar-refractivity contribution in [3.05, 3.63) is 162 Å². The Morgan fingerprint density at radius 2 is 0.812 bits per heavy atom. The molecule has 0 saturated heterocycles. The van der Waals surface area contributed by atoms with Crippen molar-refractivity contribution >= 4 is 65.2 Å². The van der Waals surface area contributed by atoms with Crippen LogP contribution in [0.5, 0.6) is 23.0 Å². The van der Waals surface area contributed by atoms with Gasteiger partial charge in [0, 0.05) is 26.9 Å². The van der Waals surface area contributed by atoms with Gasteiger partial charge < -0.3 is 9.47 Å². The van der Waals surface area contributed by atoms with E-state index in [1.54, 1.807) is 91.0 Å². The Labute approximate surface area is 269 Å². The second-order valence-electron chi connectivity index (χ2n) is 11.4. The maximum Gasteiger partial charge on any atom is 0.198 e. The Bertz CT molecular complexity index is 3030. The molecule has 0 saturated carbocycles. The summed E-state index contributed by atoms with van der Waals surface area (Å²) >= 11 is 0. The molecule has 226 valence electrons. The first-order valence-corrected chi connectivity index (χ1v) is 15.2. The molecule has 0 bridgehead atoms. The van der Waals surface area contributed by atoms with E-state index in [2.05, 4.69) is 0 Å². The summed E-state index contributed by atoms with van der Waals surface area (Å²) in [7, 11) is 0. The van der Waals surface area contributed by atoms with Gasteiger partial charge in [0.25, 0.3) is 0 Å². The van der Waals surface area contributed by atoms with Crippen molar-refractivity contribution in [3.63, 3.8) is 0 Å². The van der Waals surface area contributed by atoms with Gasteiger partial charge >= 0.3 is 0 Å². The lowest BCUT2D eigenvalue weighted by molar-refractivity contribution is 0.423. The Morgan fingerprint density at radius 1 is 0.375 bits per heavy atom. The SMILES string of the molecule is O=c1c2ccccc2c(=O)c2c1ccc1nc3c(ccc4c(=O)c5c(Oc6ccccc6)c(Oc6ccccc6)ccc5c(=O)c43)nc12. The van der Waals surface area contributed by atoms with Crippen LogP contribution in [0.4, 0.5) is 0 Å². The maximum atomic E-state index is 14.3. The largest absolute Gasteiger partial charge is 0.453 e. The van der Waals surface area contributed by atoms with E-state index in [9.17, 15) is 19.2 Å². The van der Waals surface area contributed by atoms with Crippen molar-refractivity contribution in [2.45, 2.75) is 0 Å². The lowest BCUT2D eigenvalue weighted by Gasteiger charge is -2.15. The minimum Gasteiger partial charge on any atom is -0.453 e. The van der Waals surface area contributed by atoms with Crippen molar-refractivity contribution in [2.75, 3.05) is 0 Å². The first kappa shape index (κ1) is 27.5. The Balaban J connectivity index is 1.34. The molecule has 0 fully saturated rings. The van der Waals surface area contributed by atoms with Gasteiger partial charge in [-0.3, -0.25) is 19.2 Å². The molecular weight excluding hydrogens is 604 g/mol. The van der Waals surface area contributed by atoms with Crippen molar-refractivity contribution in [1.29, 1.82) is 0 Å². The molecule has 0 unspecified atom stereocenters. The summed E-state index contributed by atoms with van der Waals surface area (Å²) < 4.78 is 12.4. The van der Waals surface area contributed by atoms with Gasteiger partial charge in [-0.15, -0.1) is 0 Å². The van der Waals surface area contributed by atoms with E-state index in [0.29, 0.717) is 33.3 Å². The fraction of sp³-hybridized carbons (Fsp3) is 0. The van der Waals surface area contributed by atoms with Crippen LogP contribution >= 0.6 is 0 Å². The van der Waals surface area contributed by atoms with Gasteiger partial charge in [-0.2, -0.15) is 0 Å². The average Bonchev–Trinajstić information content (AvgIpc) is 3.12. The lowest BCUT2D eigenvalue weighted by atomic mass is 9.99. The molecule has 0 aliphatic carbocycles. The van der Waals surface area contributed by atoms with E-state index < -0.39 is 10.9 Å². The number of benzene rings is 8. The Morgan fingerprint density at radius 3 is 1.42 bits per heavy atom. The third kappa shape index (κ3) is 4.03. The third-order valence-corrected chi connectivity index (χ3v) is 8.66. The molecule has 0 aliphatic rings. The van der Waals surface area contributed by atoms with Gasteiger partial charge in [0.2, 0.25) is 0 Å². The fourth-order valence-electron chi connectivity index (χ4n) is 6.46. The number of para-hydroxylation sites is 2. The summed E-state index contributed by atoms with van der Waals surface area (Å²) in [5, 5.41) is 1.52. The lowest BCUT2D eigenvalue weighted by Crippen LogP contribution is -2.15. The minimum atomic E-state index is -0.435. The summed E-state index contributed by atoms with van der Waals surface area (Å²) in [5.41, 5.74) is -0.355. The molecule has 48 heavy (non-hydrogen) atoms. The second kappa shape index (κ2) is 10.4. The predicted octanol–water partition coefficient (Wildman–Crippen LogP) is 7.30. The smallest absolute Gasteiger partial charge is 0.198 e. The van der Waals surface area contributed by atoms with E-state index in [4.69, 9.17) is 19.4 Å². The topological polar surface area (TPSA) is 113 Å². The average molecular weight is 625 g/mol. The maximum absolute atomic E-state index is 14.3. The molecule has 1 aromatic heterocycles. The molecule has 1 heterocycles. The number of hydrogen-bond acceptors (Lipinski definition) is 8. The number of fused-ring (bicyclic) bond motifs is 8. The number of rotatable bonds is 4. The molecule has 0 aliphatic heterocycles. The van der Waals surface area contributed by atoms with Gasteiger partial charge in [-0.25, -0.2) is 9.97 Å². The molecule has 9 rings (SSSR count). The Kier molecular flexibility index (Phi) is 5.94. The third-order valence-electron chi connectivity index (χ3n) is 8.66. The normalized spacial score (nSPS) is 11.7. The van der Waals surface area contributed by atoms with Crippen LogP contribution in [0.3, 0.4) is 0 Å². The predicted molar refractivity (Wildman–Crippen MR) is 188 cm³/mol. The molecule has 8 aromatic carbocycles. The highest BCUT2D eigenvalue weighted by Gasteiger charge is 2.23. The molecule has 0 atom stereocenters. The molecule has 0 amide bonds. The number of hydrogen-bond donors (Lipinski definition) is 0. The first-order valence-electron chi connectivity index (χ1n) is 15.2. The zero-order valence-corrected chi connectivity index (χ0v) is 24.9. The summed E-state index contributed by atoms with van der Waals surface area (Å²) in [4.78, 5) is 65.2. The zero-order chi connectivity index (χ0) is 32.5. The van der Waals surface area contributed by atoms with Gasteiger partial charge in [0.1, 0.15) is 22.5 Å². The molecule has 8 nitrogen and oxygen atoms in total. The molecule has 0 spiro atoms. The van der Waals surface area contributed by atoms with E-state index in [0.717, 1.165) is 0 Å². The summed E-state index contributed by atoms with van der Waals surface area (Å²) in [6.07, 6.45) is 0. The molecule has 0 N–H and O–H groups in total. The van der Waals surface area contributed by atoms with Crippen molar-refractivity contribution in [3.8, 4) is 23.0 Å². The van der Waals surface area contributed by atoms with Gasteiger partial charge in [-0.1, -0.05) is 60.7 Å². The van der Waals surface area contributed by atoms with Crippen LogP contribution in [0.1, 0.15) is 0 Å². The van der Waals surface area contributed by atoms with Crippen molar-refractivity contribution in [1.82, 2.24) is 9.97 Å². The van der Waals surface area contributed by atoms with Crippen LogP contribution in [0.2, 0.25) is 0 Å². The highest BCUT2D eigenvalue weighted by Crippen LogP contribution is 2.40. The Hall–Kier alpha value is -6.80. The van der Waals surface area contributed by atoms with Crippen molar-refractivity contribution in [2.24, 2.45) is 0 Å². The van der Waals surface area contributed by atoms with E-state index in [1.165, 1.54) is 6.07 Å². The van der Waals surface area contributed by atoms with Crippen LogP contribution in [0.25, 0.3) is 65.2 Å². The molecule has 8 heteroatoms. The minimum absolute atomic E-state index is 0.0785. The van der Waals surface area contributed by atoms with E-state index in [1.807, 2.05) is 24.3 Å². The van der Waals surface area contributed by atoms with Crippen LogP contribution in [0, 0.1) is 0 Å². The van der Waals surface area contributed by atoms with Crippen molar-refractivity contribution < 1.29 is 9.47 Å². The molecular formula is C40H20N2O6. The summed E-state index contributed by atoms with van der Waals surface area (Å²) in [6.45, 7) is 0. The fourth-order valence-corrected chi connectivity index (χ4v) is 6.46. The highest BCUT2D eigenvalue weighted by atomic mass is 16.5. The highest BCUT2D eigenvalue weighted by molar-refractivity contribution is 6.15. The van der Waals surface area contributed by atoms with Gasteiger partial charge in [-0.05, 0) is 60.7 Å². The summed E-state index contributed by atoms with van der Waals surface area (Å²) in [5.74, 6) is 1.38. The van der Waals surface area contributed by atoms with Crippen LogP contribution in [-0.4, -0.2) is 9.97 Å². The van der Waals surface area contributed by atoms with E-state index >= 15 is 0 Å². The molecule has 9 aromatic rings. The van der Waals surface area contributed by atoms with Gasteiger partial charge in [0.15, 0.2) is 33.2 Å². The van der Waals surface area contributed by atoms with E-state index in [-0.39, 0.29) is 65.7 Å². The van der Waals surface area contributed by atoms with Crippen LogP contribution in [0.15, 0.2) is 141 Å². The number of aromatic nitrogens is 2. The molecule has 0 radical (unpaired) electrons. The zero-order valence-electron chi connectivity index (χ0n) is 24.9. The van der Waals surface area contributed by atoms with Crippen LogP contribution in [-0.2, 0) is 0 Å². The monoisotopic (exact) mass is 624 g/mol. The summed E-state index contributed by atoms with van der Waals surface area (Å²) in [6, 6.07) is 34.2. The van der Waals surface area contributed by atoms with Crippen LogP contribution < -0.4 is 31.2 Å². The first-order chi connectivity index (χ1) is 23.5. The number of ether oxygens (including phenoxy) is 2. The van der Waals surface area contributed by atoms with Gasteiger partial charge in [0.05, 0.1) is 27.2 Å².